The molecular weight excluding hydrogens is 399 g/mol. The third kappa shape index (κ3) is 4.26. The predicted molar refractivity (Wildman–Crippen MR) is 113 cm³/mol. The Hall–Kier alpha value is -4.11. The fraction of sp³-hybridized carbons (Fsp3) is 0.0909. The largest absolute Gasteiger partial charge is 0.394 e. The van der Waals surface area contributed by atoms with Crippen molar-refractivity contribution >= 4 is 11.7 Å². The summed E-state index contributed by atoms with van der Waals surface area (Å²) in [6.45, 7) is -0.315. The predicted octanol–water partition coefficient (Wildman–Crippen LogP) is 2.72. The number of nitrogens with one attached hydrogen (secondary N) is 2. The maximum Gasteiger partial charge on any atom is 0.254 e. The second-order valence-corrected chi connectivity index (χ2v) is 6.79. The quantitative estimate of drug-likeness (QED) is 0.381. The number of anilines is 1. The Balaban J connectivity index is 1.56. The highest BCUT2D eigenvalue weighted by Crippen LogP contribution is 2.27. The average Bonchev–Trinajstić information content (AvgIpc) is 3.33. The van der Waals surface area contributed by atoms with Gasteiger partial charge in [-0.3, -0.25) is 14.9 Å². The van der Waals surface area contributed by atoms with Gasteiger partial charge in [-0.15, -0.1) is 0 Å². The zero-order valence-corrected chi connectivity index (χ0v) is 16.3. The van der Waals surface area contributed by atoms with Crippen LogP contribution in [0.2, 0.25) is 0 Å². The molecule has 4 aromatic rings. The van der Waals surface area contributed by atoms with Crippen molar-refractivity contribution < 1.29 is 14.3 Å². The maximum atomic E-state index is 14.8. The van der Waals surface area contributed by atoms with Crippen LogP contribution >= 0.6 is 0 Å². The van der Waals surface area contributed by atoms with Crippen molar-refractivity contribution in [3.63, 3.8) is 0 Å². The van der Waals surface area contributed by atoms with Gasteiger partial charge in [0.2, 0.25) is 0 Å². The Morgan fingerprint density at radius 2 is 1.97 bits per heavy atom. The second kappa shape index (κ2) is 8.72. The zero-order chi connectivity index (χ0) is 21.8. The van der Waals surface area contributed by atoms with Gasteiger partial charge in [0.15, 0.2) is 5.82 Å². The van der Waals surface area contributed by atoms with Crippen LogP contribution in [0.1, 0.15) is 22.0 Å². The summed E-state index contributed by atoms with van der Waals surface area (Å²) in [4.78, 5) is 21.2. The van der Waals surface area contributed by atoms with E-state index in [4.69, 9.17) is 5.73 Å². The van der Waals surface area contributed by atoms with Crippen LogP contribution in [-0.4, -0.2) is 37.8 Å². The first-order valence-corrected chi connectivity index (χ1v) is 9.45. The molecule has 1 atom stereocenters. The van der Waals surface area contributed by atoms with Crippen molar-refractivity contribution in [1.82, 2.24) is 25.5 Å². The molecule has 0 bridgehead atoms. The minimum Gasteiger partial charge on any atom is -0.394 e. The van der Waals surface area contributed by atoms with E-state index < -0.39 is 17.8 Å². The molecule has 8 nitrogen and oxygen atoms in total. The smallest absolute Gasteiger partial charge is 0.254 e. The van der Waals surface area contributed by atoms with Gasteiger partial charge >= 0.3 is 0 Å². The summed E-state index contributed by atoms with van der Waals surface area (Å²) in [7, 11) is 0. The van der Waals surface area contributed by atoms with Crippen LogP contribution in [0, 0.1) is 5.82 Å². The number of carbonyl (C=O) groups is 1. The van der Waals surface area contributed by atoms with Crippen LogP contribution in [0.25, 0.3) is 22.5 Å². The molecule has 2 heterocycles. The lowest BCUT2D eigenvalue weighted by molar-refractivity contribution is 0.0912. The molecule has 2 aromatic carbocycles. The number of nitrogen functional groups attached to an aromatic ring is 1. The van der Waals surface area contributed by atoms with Gasteiger partial charge in [-0.2, -0.15) is 5.10 Å². The average molecular weight is 418 g/mol. The lowest BCUT2D eigenvalue weighted by Gasteiger charge is -2.17. The van der Waals surface area contributed by atoms with E-state index in [0.29, 0.717) is 17.0 Å². The number of H-pyrrole nitrogens is 1. The Bertz CT molecular complexity index is 1200. The molecule has 0 aliphatic carbocycles. The summed E-state index contributed by atoms with van der Waals surface area (Å²) in [5.41, 5.74) is 8.53. The van der Waals surface area contributed by atoms with Crippen LogP contribution in [0.4, 0.5) is 10.2 Å². The molecule has 156 valence electrons. The molecule has 1 unspecified atom stereocenters. The molecule has 0 saturated carbocycles. The van der Waals surface area contributed by atoms with Crippen molar-refractivity contribution in [2.45, 2.75) is 6.04 Å². The van der Waals surface area contributed by atoms with E-state index in [1.165, 1.54) is 18.3 Å². The molecular formula is C22H19FN6O2. The van der Waals surface area contributed by atoms with Crippen molar-refractivity contribution in [3.8, 4) is 22.5 Å². The molecule has 5 N–H and O–H groups in total. The fourth-order valence-corrected chi connectivity index (χ4v) is 3.16. The molecule has 0 spiro atoms. The van der Waals surface area contributed by atoms with E-state index in [0.717, 1.165) is 11.1 Å². The monoisotopic (exact) mass is 418 g/mol. The normalized spacial score (nSPS) is 11.8. The van der Waals surface area contributed by atoms with Crippen molar-refractivity contribution in [1.29, 1.82) is 0 Å². The second-order valence-electron chi connectivity index (χ2n) is 6.79. The van der Waals surface area contributed by atoms with Crippen molar-refractivity contribution in [3.05, 3.63) is 84.1 Å². The van der Waals surface area contributed by atoms with E-state index in [1.807, 2.05) is 6.07 Å². The van der Waals surface area contributed by atoms with Gasteiger partial charge in [0, 0.05) is 17.3 Å². The summed E-state index contributed by atoms with van der Waals surface area (Å²) >= 11 is 0. The molecule has 0 aliphatic rings. The van der Waals surface area contributed by atoms with Crippen LogP contribution in [0.15, 0.2) is 67.1 Å². The Kier molecular flexibility index (Phi) is 5.67. The minimum absolute atomic E-state index is 0.125. The van der Waals surface area contributed by atoms with Gasteiger partial charge in [-0.1, -0.05) is 36.4 Å². The number of aliphatic hydroxyl groups excluding tert-OH is 1. The number of carbonyl (C=O) groups excluding carboxylic acids is 1. The summed E-state index contributed by atoms with van der Waals surface area (Å²) < 4.78 is 14.8. The van der Waals surface area contributed by atoms with Crippen LogP contribution < -0.4 is 11.1 Å². The summed E-state index contributed by atoms with van der Waals surface area (Å²) in [6, 6.07) is 12.4. The maximum absolute atomic E-state index is 14.8. The number of hydrogen-bond acceptors (Lipinski definition) is 6. The van der Waals surface area contributed by atoms with E-state index in [-0.39, 0.29) is 18.0 Å². The van der Waals surface area contributed by atoms with Crippen molar-refractivity contribution in [2.75, 3.05) is 12.3 Å². The number of aromatic nitrogens is 4. The van der Waals surface area contributed by atoms with Gasteiger partial charge in [0.25, 0.3) is 5.91 Å². The first kappa shape index (κ1) is 20.2. The number of halogens is 1. The number of rotatable bonds is 6. The molecule has 1 amide bonds. The van der Waals surface area contributed by atoms with Gasteiger partial charge in [-0.25, -0.2) is 9.37 Å². The molecule has 0 radical (unpaired) electrons. The van der Waals surface area contributed by atoms with E-state index >= 15 is 0 Å². The molecule has 31 heavy (non-hydrogen) atoms. The zero-order valence-electron chi connectivity index (χ0n) is 16.3. The molecule has 0 saturated heterocycles. The molecule has 2 aromatic heterocycles. The van der Waals surface area contributed by atoms with E-state index in [2.05, 4.69) is 25.5 Å². The minimum atomic E-state index is -0.736. The highest BCUT2D eigenvalue weighted by Gasteiger charge is 2.19. The Morgan fingerprint density at radius 3 is 2.61 bits per heavy atom. The van der Waals surface area contributed by atoms with Crippen LogP contribution in [0.3, 0.4) is 0 Å². The van der Waals surface area contributed by atoms with E-state index in [9.17, 15) is 14.3 Å². The third-order valence-corrected chi connectivity index (χ3v) is 4.77. The number of benzene rings is 2. The highest BCUT2D eigenvalue weighted by molar-refractivity contribution is 5.95. The third-order valence-electron chi connectivity index (χ3n) is 4.77. The van der Waals surface area contributed by atoms with Gasteiger partial charge in [0.05, 0.1) is 36.3 Å². The summed E-state index contributed by atoms with van der Waals surface area (Å²) in [6.07, 6.45) is 4.76. The highest BCUT2D eigenvalue weighted by atomic mass is 19.1. The van der Waals surface area contributed by atoms with Crippen molar-refractivity contribution in [2.24, 2.45) is 0 Å². The van der Waals surface area contributed by atoms with Crippen LogP contribution in [-0.2, 0) is 0 Å². The Labute approximate surface area is 177 Å². The lowest BCUT2D eigenvalue weighted by Crippen LogP contribution is -2.31. The standard InChI is InChI=1S/C22H19FN6O2/c23-17-8-14(20-21(24)28-18(11-25-20)15-9-26-27-10-15)6-7-16(17)22(31)29-19(12-30)13-4-2-1-3-5-13/h1-11,19,30H,12H2,(H2,24,28)(H,26,27)(H,29,31). The summed E-state index contributed by atoms with van der Waals surface area (Å²) in [5.74, 6) is -1.25. The van der Waals surface area contributed by atoms with Crippen LogP contribution in [0.5, 0.6) is 0 Å². The fourth-order valence-electron chi connectivity index (χ4n) is 3.16. The number of aromatic amines is 1. The number of hydrogen-bond donors (Lipinski definition) is 4. The van der Waals surface area contributed by atoms with E-state index in [1.54, 1.807) is 42.7 Å². The topological polar surface area (TPSA) is 130 Å². The molecule has 0 fully saturated rings. The molecule has 9 heteroatoms. The molecule has 0 aliphatic heterocycles. The number of nitrogens with zero attached hydrogens (tertiary/aromatic N) is 3. The Morgan fingerprint density at radius 1 is 1.16 bits per heavy atom. The lowest BCUT2D eigenvalue weighted by atomic mass is 10.0. The SMILES string of the molecule is Nc1nc(-c2cn[nH]c2)cnc1-c1ccc(C(=O)NC(CO)c2ccccc2)c(F)c1. The first-order valence-electron chi connectivity index (χ1n) is 9.45. The number of nitrogens with two attached hydrogens (primary N) is 1. The van der Waals surface area contributed by atoms with Gasteiger partial charge < -0.3 is 16.2 Å². The number of aliphatic hydroxyl groups is 1. The number of amides is 1. The summed E-state index contributed by atoms with van der Waals surface area (Å²) in [5, 5.41) is 18.8. The van der Waals surface area contributed by atoms with Gasteiger partial charge in [0.1, 0.15) is 11.5 Å². The first-order chi connectivity index (χ1) is 15.1. The molecule has 4 rings (SSSR count). The van der Waals surface area contributed by atoms with Gasteiger partial charge in [-0.05, 0) is 17.7 Å².